The minimum absolute atomic E-state index is 0.00459. The van der Waals surface area contributed by atoms with Crippen molar-refractivity contribution >= 4 is 40.9 Å². The fourth-order valence-electron chi connectivity index (χ4n) is 3.44. The van der Waals surface area contributed by atoms with Gasteiger partial charge in [-0.1, -0.05) is 36.7 Å². The number of thioether (sulfide) groups is 1. The van der Waals surface area contributed by atoms with Gasteiger partial charge in [-0.25, -0.2) is 0 Å². The van der Waals surface area contributed by atoms with E-state index in [1.807, 2.05) is 53.4 Å². The van der Waals surface area contributed by atoms with Gasteiger partial charge >= 0.3 is 0 Å². The second-order valence-corrected chi connectivity index (χ2v) is 8.87. The SMILES string of the molecule is CCc1ccccc1NC(=O)CN1CCN(C(=O)CCSc2ccc(Cl)cc2)CC1. The number of anilines is 1. The summed E-state index contributed by atoms with van der Waals surface area (Å²) in [6, 6.07) is 15.6. The standard InChI is InChI=1S/C23H28ClN3O2S/c1-2-18-5-3-4-6-21(18)25-22(28)17-26-12-14-27(15-13-26)23(29)11-16-30-20-9-7-19(24)8-10-20/h3-10H,2,11-17H2,1H3,(H,25,28). The maximum atomic E-state index is 12.5. The minimum atomic E-state index is -0.00459. The zero-order valence-electron chi connectivity index (χ0n) is 17.3. The number of rotatable bonds is 8. The number of nitrogens with zero attached hydrogens (tertiary/aromatic N) is 2. The molecule has 0 bridgehead atoms. The predicted octanol–water partition coefficient (Wildman–Crippen LogP) is 4.17. The number of nitrogens with one attached hydrogen (secondary N) is 1. The first kappa shape index (κ1) is 22.7. The number of amides is 2. The highest BCUT2D eigenvalue weighted by atomic mass is 35.5. The summed E-state index contributed by atoms with van der Waals surface area (Å²) in [6.45, 7) is 5.21. The zero-order chi connectivity index (χ0) is 21.3. The fraction of sp³-hybridized carbons (Fsp3) is 0.391. The molecule has 5 nitrogen and oxygen atoms in total. The fourth-order valence-corrected chi connectivity index (χ4v) is 4.41. The normalized spacial score (nSPS) is 14.5. The summed E-state index contributed by atoms with van der Waals surface area (Å²) in [4.78, 5) is 30.0. The number of aryl methyl sites for hydroxylation is 1. The van der Waals surface area contributed by atoms with Crippen molar-refractivity contribution in [1.82, 2.24) is 9.80 Å². The summed E-state index contributed by atoms with van der Waals surface area (Å²) in [6.07, 6.45) is 1.40. The van der Waals surface area contributed by atoms with Gasteiger partial charge in [-0.05, 0) is 42.3 Å². The molecule has 0 spiro atoms. The molecule has 2 aromatic rings. The Balaban J connectivity index is 1.37. The lowest BCUT2D eigenvalue weighted by Crippen LogP contribution is -2.50. The summed E-state index contributed by atoms with van der Waals surface area (Å²) in [5.74, 6) is 0.924. The summed E-state index contributed by atoms with van der Waals surface area (Å²) in [5, 5.41) is 3.74. The molecule has 1 aliphatic rings. The van der Waals surface area contributed by atoms with Gasteiger partial charge in [0.05, 0.1) is 6.54 Å². The number of para-hydroxylation sites is 1. The molecule has 1 aliphatic heterocycles. The first-order valence-corrected chi connectivity index (χ1v) is 11.7. The van der Waals surface area contributed by atoms with Crippen molar-refractivity contribution in [2.24, 2.45) is 0 Å². The van der Waals surface area contributed by atoms with E-state index in [0.29, 0.717) is 26.1 Å². The summed E-state index contributed by atoms with van der Waals surface area (Å²) in [5.41, 5.74) is 2.02. The number of piperazine rings is 1. The van der Waals surface area contributed by atoms with Crippen molar-refractivity contribution in [2.75, 3.05) is 43.8 Å². The second kappa shape index (κ2) is 11.4. The molecule has 0 radical (unpaired) electrons. The minimum Gasteiger partial charge on any atom is -0.340 e. The Morgan fingerprint density at radius 3 is 2.43 bits per heavy atom. The number of hydrogen-bond acceptors (Lipinski definition) is 4. The lowest BCUT2D eigenvalue weighted by Gasteiger charge is -2.34. The molecular weight excluding hydrogens is 418 g/mol. The topological polar surface area (TPSA) is 52.7 Å². The summed E-state index contributed by atoms with van der Waals surface area (Å²) >= 11 is 7.56. The smallest absolute Gasteiger partial charge is 0.238 e. The largest absolute Gasteiger partial charge is 0.340 e. The maximum absolute atomic E-state index is 12.5. The third-order valence-electron chi connectivity index (χ3n) is 5.16. The molecule has 1 N–H and O–H groups in total. The monoisotopic (exact) mass is 445 g/mol. The quantitative estimate of drug-likeness (QED) is 0.619. The maximum Gasteiger partial charge on any atom is 0.238 e. The van der Waals surface area contributed by atoms with Gasteiger partial charge < -0.3 is 10.2 Å². The van der Waals surface area contributed by atoms with Crippen LogP contribution < -0.4 is 5.32 Å². The first-order chi connectivity index (χ1) is 14.5. The average molecular weight is 446 g/mol. The third kappa shape index (κ3) is 6.76. The molecule has 0 atom stereocenters. The number of carbonyl (C=O) groups is 2. The van der Waals surface area contributed by atoms with Crippen LogP contribution in [0, 0.1) is 0 Å². The lowest BCUT2D eigenvalue weighted by atomic mass is 10.1. The molecule has 0 saturated carbocycles. The van der Waals surface area contributed by atoms with Crippen LogP contribution in [0.3, 0.4) is 0 Å². The molecule has 3 rings (SSSR count). The Hall–Kier alpha value is -2.02. The van der Waals surface area contributed by atoms with Crippen LogP contribution in [0.5, 0.6) is 0 Å². The van der Waals surface area contributed by atoms with Gasteiger partial charge in [0.25, 0.3) is 0 Å². The van der Waals surface area contributed by atoms with Gasteiger partial charge in [-0.15, -0.1) is 11.8 Å². The molecule has 7 heteroatoms. The van der Waals surface area contributed by atoms with Crippen molar-refractivity contribution < 1.29 is 9.59 Å². The average Bonchev–Trinajstić information content (AvgIpc) is 2.76. The molecule has 1 saturated heterocycles. The highest BCUT2D eigenvalue weighted by Crippen LogP contribution is 2.21. The number of hydrogen-bond donors (Lipinski definition) is 1. The van der Waals surface area contributed by atoms with Gasteiger partial charge in [0.2, 0.25) is 11.8 Å². The van der Waals surface area contributed by atoms with Crippen molar-refractivity contribution in [3.05, 3.63) is 59.1 Å². The van der Waals surface area contributed by atoms with Crippen molar-refractivity contribution in [3.8, 4) is 0 Å². The van der Waals surface area contributed by atoms with Gasteiger partial charge in [0.1, 0.15) is 0 Å². The van der Waals surface area contributed by atoms with Crippen LogP contribution in [0.2, 0.25) is 5.02 Å². The van der Waals surface area contributed by atoms with Crippen LogP contribution >= 0.6 is 23.4 Å². The van der Waals surface area contributed by atoms with Crippen LogP contribution in [0.4, 0.5) is 5.69 Å². The van der Waals surface area contributed by atoms with Gasteiger partial charge in [-0.3, -0.25) is 14.5 Å². The van der Waals surface area contributed by atoms with E-state index >= 15 is 0 Å². The molecule has 1 heterocycles. The second-order valence-electron chi connectivity index (χ2n) is 7.27. The molecule has 0 aromatic heterocycles. The summed E-state index contributed by atoms with van der Waals surface area (Å²) < 4.78 is 0. The van der Waals surface area contributed by atoms with Crippen molar-refractivity contribution in [1.29, 1.82) is 0 Å². The van der Waals surface area contributed by atoms with E-state index in [0.717, 1.165) is 46.4 Å². The number of halogens is 1. The molecule has 160 valence electrons. The molecule has 0 unspecified atom stereocenters. The Bertz CT molecular complexity index is 852. The molecule has 0 aliphatic carbocycles. The van der Waals surface area contributed by atoms with Crippen LogP contribution in [0.25, 0.3) is 0 Å². The molecular formula is C23H28ClN3O2S. The van der Waals surface area contributed by atoms with Crippen molar-refractivity contribution in [2.45, 2.75) is 24.7 Å². The highest BCUT2D eigenvalue weighted by Gasteiger charge is 2.22. The highest BCUT2D eigenvalue weighted by molar-refractivity contribution is 7.99. The Kier molecular flexibility index (Phi) is 8.61. The van der Waals surface area contributed by atoms with E-state index in [4.69, 9.17) is 11.6 Å². The lowest BCUT2D eigenvalue weighted by molar-refractivity contribution is -0.132. The van der Waals surface area contributed by atoms with Crippen LogP contribution in [0.15, 0.2) is 53.4 Å². The predicted molar refractivity (Wildman–Crippen MR) is 124 cm³/mol. The van der Waals surface area contributed by atoms with E-state index in [1.165, 1.54) is 0 Å². The van der Waals surface area contributed by atoms with Gasteiger partial charge in [-0.2, -0.15) is 0 Å². The zero-order valence-corrected chi connectivity index (χ0v) is 18.8. The van der Waals surface area contributed by atoms with E-state index in [-0.39, 0.29) is 11.8 Å². The molecule has 30 heavy (non-hydrogen) atoms. The summed E-state index contributed by atoms with van der Waals surface area (Å²) in [7, 11) is 0. The van der Waals surface area contributed by atoms with E-state index < -0.39 is 0 Å². The van der Waals surface area contributed by atoms with E-state index in [2.05, 4.69) is 17.1 Å². The van der Waals surface area contributed by atoms with Crippen molar-refractivity contribution in [3.63, 3.8) is 0 Å². The Morgan fingerprint density at radius 1 is 1.03 bits per heavy atom. The van der Waals surface area contributed by atoms with Gasteiger partial charge in [0.15, 0.2) is 0 Å². The molecule has 2 aromatic carbocycles. The molecule has 1 fully saturated rings. The van der Waals surface area contributed by atoms with E-state index in [1.54, 1.807) is 11.8 Å². The molecule has 2 amide bonds. The third-order valence-corrected chi connectivity index (χ3v) is 6.43. The number of benzene rings is 2. The number of carbonyl (C=O) groups excluding carboxylic acids is 2. The Labute approximate surface area is 187 Å². The Morgan fingerprint density at radius 2 is 1.73 bits per heavy atom. The van der Waals surface area contributed by atoms with Gasteiger partial charge in [0, 0.05) is 54.0 Å². The first-order valence-electron chi connectivity index (χ1n) is 10.3. The van der Waals surface area contributed by atoms with E-state index in [9.17, 15) is 9.59 Å². The van der Waals surface area contributed by atoms with Crippen LogP contribution in [0.1, 0.15) is 18.9 Å². The van der Waals surface area contributed by atoms with Crippen LogP contribution in [-0.4, -0.2) is 60.1 Å². The van der Waals surface area contributed by atoms with Crippen LogP contribution in [-0.2, 0) is 16.0 Å².